The van der Waals surface area contributed by atoms with E-state index in [-0.39, 0.29) is 23.9 Å². The Morgan fingerprint density at radius 2 is 2.05 bits per heavy atom. The summed E-state index contributed by atoms with van der Waals surface area (Å²) in [6.07, 6.45) is 6.93. The summed E-state index contributed by atoms with van der Waals surface area (Å²) in [5.74, 6) is 1.45. The molecule has 2 N–H and O–H groups in total. The molecule has 1 saturated carbocycles. The molecule has 0 radical (unpaired) electrons. The quantitative estimate of drug-likeness (QED) is 0.838. The Kier molecular flexibility index (Phi) is 5.92. The van der Waals surface area contributed by atoms with Crippen LogP contribution in [0.25, 0.3) is 0 Å². The molecular weight excluding hydrogens is 288 g/mol. The van der Waals surface area contributed by atoms with Crippen LogP contribution < -0.4 is 10.6 Å². The normalized spacial score (nSPS) is 34.6. The zero-order chi connectivity index (χ0) is 14.0. The first kappa shape index (κ1) is 17.0. The monoisotopic (exact) mass is 316 g/mol. The molecule has 1 aliphatic carbocycles. The number of nitrogens with one attached hydrogen (secondary N) is 2. The Labute approximate surface area is 134 Å². The summed E-state index contributed by atoms with van der Waals surface area (Å²) in [5, 5.41) is 6.80. The van der Waals surface area contributed by atoms with Gasteiger partial charge in [-0.25, -0.2) is 0 Å². The maximum absolute atomic E-state index is 12.9. The van der Waals surface area contributed by atoms with Crippen LogP contribution in [-0.4, -0.2) is 38.3 Å². The van der Waals surface area contributed by atoms with Gasteiger partial charge in [0.15, 0.2) is 0 Å². The Morgan fingerprint density at radius 3 is 2.81 bits per heavy atom. The molecule has 3 fully saturated rings. The van der Waals surface area contributed by atoms with E-state index in [4.69, 9.17) is 4.74 Å². The van der Waals surface area contributed by atoms with Gasteiger partial charge in [-0.3, -0.25) is 4.79 Å². The lowest BCUT2D eigenvalue weighted by atomic mass is 9.67. The molecule has 4 nitrogen and oxygen atoms in total. The lowest BCUT2D eigenvalue weighted by molar-refractivity contribution is -0.135. The van der Waals surface area contributed by atoms with Gasteiger partial charge in [0.2, 0.25) is 5.91 Å². The van der Waals surface area contributed by atoms with Gasteiger partial charge < -0.3 is 15.4 Å². The highest BCUT2D eigenvalue weighted by molar-refractivity contribution is 5.85. The highest BCUT2D eigenvalue weighted by Crippen LogP contribution is 2.44. The molecule has 3 aliphatic rings. The van der Waals surface area contributed by atoms with Crippen molar-refractivity contribution in [3.8, 4) is 0 Å². The minimum absolute atomic E-state index is 0. The van der Waals surface area contributed by atoms with Crippen molar-refractivity contribution in [3.05, 3.63) is 0 Å². The van der Waals surface area contributed by atoms with Gasteiger partial charge in [-0.1, -0.05) is 12.8 Å². The van der Waals surface area contributed by atoms with Crippen LogP contribution in [0.1, 0.15) is 45.4 Å². The third-order valence-corrected chi connectivity index (χ3v) is 5.82. The third kappa shape index (κ3) is 3.38. The number of halogens is 1. The molecule has 0 aromatic heterocycles. The van der Waals surface area contributed by atoms with Gasteiger partial charge in [0.1, 0.15) is 0 Å². The molecule has 3 atom stereocenters. The van der Waals surface area contributed by atoms with Crippen LogP contribution in [0.4, 0.5) is 0 Å². The standard InChI is InChI=1S/C16H28N2O2.ClH/c1-12(13-5-8-20-9-6-13)18-15(19)16-7-3-2-4-14(16)10-17-11-16;/h12-14,17H,2-11H2,1H3,(H,18,19);1H/t12?,14-,16+;/m0./s1. The minimum atomic E-state index is -0.113. The summed E-state index contributed by atoms with van der Waals surface area (Å²) in [7, 11) is 0. The number of hydrogen-bond acceptors (Lipinski definition) is 3. The van der Waals surface area contributed by atoms with Crippen molar-refractivity contribution in [1.29, 1.82) is 0 Å². The van der Waals surface area contributed by atoms with E-state index in [0.29, 0.717) is 17.7 Å². The first-order valence-corrected chi connectivity index (χ1v) is 8.32. The second-order valence-electron chi connectivity index (χ2n) is 6.94. The Morgan fingerprint density at radius 1 is 1.29 bits per heavy atom. The zero-order valence-corrected chi connectivity index (χ0v) is 13.8. The smallest absolute Gasteiger partial charge is 0.228 e. The molecule has 3 rings (SSSR count). The molecule has 2 heterocycles. The van der Waals surface area contributed by atoms with Crippen LogP contribution in [0.3, 0.4) is 0 Å². The highest BCUT2D eigenvalue weighted by atomic mass is 35.5. The van der Waals surface area contributed by atoms with E-state index in [1.54, 1.807) is 0 Å². The van der Waals surface area contributed by atoms with Crippen molar-refractivity contribution < 1.29 is 9.53 Å². The maximum Gasteiger partial charge on any atom is 0.228 e. The van der Waals surface area contributed by atoms with Crippen molar-refractivity contribution in [1.82, 2.24) is 10.6 Å². The summed E-state index contributed by atoms with van der Waals surface area (Å²) in [6, 6.07) is 0.281. The van der Waals surface area contributed by atoms with Crippen molar-refractivity contribution in [2.24, 2.45) is 17.3 Å². The second kappa shape index (κ2) is 7.30. The van der Waals surface area contributed by atoms with Crippen molar-refractivity contribution in [2.45, 2.75) is 51.5 Å². The lowest BCUT2D eigenvalue weighted by Crippen LogP contribution is -2.52. The average Bonchev–Trinajstić information content (AvgIpc) is 2.93. The van der Waals surface area contributed by atoms with Crippen LogP contribution in [0, 0.1) is 17.3 Å². The van der Waals surface area contributed by atoms with Crippen molar-refractivity contribution in [2.75, 3.05) is 26.3 Å². The number of carbonyl (C=O) groups is 1. The average molecular weight is 317 g/mol. The predicted molar refractivity (Wildman–Crippen MR) is 85.7 cm³/mol. The number of fused-ring (bicyclic) bond motifs is 1. The summed E-state index contributed by atoms with van der Waals surface area (Å²) in [6.45, 7) is 5.77. The summed E-state index contributed by atoms with van der Waals surface area (Å²) in [5.41, 5.74) is -0.113. The number of rotatable bonds is 3. The largest absolute Gasteiger partial charge is 0.381 e. The number of carbonyl (C=O) groups excluding carboxylic acids is 1. The zero-order valence-electron chi connectivity index (χ0n) is 13.0. The summed E-state index contributed by atoms with van der Waals surface area (Å²) >= 11 is 0. The Bertz CT molecular complexity index is 360. The van der Waals surface area contributed by atoms with Gasteiger partial charge in [0.05, 0.1) is 5.41 Å². The minimum Gasteiger partial charge on any atom is -0.381 e. The SMILES string of the molecule is CC(NC(=O)[C@@]12CCCC[C@H]1CNC2)C1CCOCC1.Cl. The molecule has 21 heavy (non-hydrogen) atoms. The Balaban J connectivity index is 0.00000161. The topological polar surface area (TPSA) is 50.4 Å². The van der Waals surface area contributed by atoms with E-state index < -0.39 is 0 Å². The summed E-state index contributed by atoms with van der Waals surface area (Å²) in [4.78, 5) is 12.9. The van der Waals surface area contributed by atoms with Gasteiger partial charge >= 0.3 is 0 Å². The molecule has 0 bridgehead atoms. The molecule has 0 aromatic carbocycles. The van der Waals surface area contributed by atoms with Crippen LogP contribution in [0.15, 0.2) is 0 Å². The fraction of sp³-hybridized carbons (Fsp3) is 0.938. The van der Waals surface area contributed by atoms with Crippen LogP contribution in [0.5, 0.6) is 0 Å². The van der Waals surface area contributed by atoms with Gasteiger partial charge in [-0.2, -0.15) is 0 Å². The number of amides is 1. The van der Waals surface area contributed by atoms with Crippen molar-refractivity contribution >= 4 is 18.3 Å². The van der Waals surface area contributed by atoms with E-state index in [2.05, 4.69) is 17.6 Å². The Hall–Kier alpha value is -0.320. The van der Waals surface area contributed by atoms with Gasteiger partial charge in [0.25, 0.3) is 0 Å². The molecule has 1 unspecified atom stereocenters. The molecule has 2 aliphatic heterocycles. The summed E-state index contributed by atoms with van der Waals surface area (Å²) < 4.78 is 5.42. The molecule has 122 valence electrons. The van der Waals surface area contributed by atoms with E-state index in [1.807, 2.05) is 0 Å². The van der Waals surface area contributed by atoms with E-state index in [0.717, 1.165) is 45.6 Å². The third-order valence-electron chi connectivity index (χ3n) is 5.82. The van der Waals surface area contributed by atoms with E-state index in [9.17, 15) is 4.79 Å². The number of hydrogen-bond donors (Lipinski definition) is 2. The molecular formula is C16H29ClN2O2. The molecule has 1 amide bonds. The van der Waals surface area contributed by atoms with Gasteiger partial charge in [0, 0.05) is 25.8 Å². The van der Waals surface area contributed by atoms with Gasteiger partial charge in [-0.05, 0) is 51.0 Å². The molecule has 0 spiro atoms. The first-order valence-electron chi connectivity index (χ1n) is 8.32. The fourth-order valence-corrected chi connectivity index (χ4v) is 4.37. The molecule has 2 saturated heterocycles. The van der Waals surface area contributed by atoms with Crippen LogP contribution in [-0.2, 0) is 9.53 Å². The van der Waals surface area contributed by atoms with Gasteiger partial charge in [-0.15, -0.1) is 12.4 Å². The predicted octanol–water partition coefficient (Wildman–Crippen LogP) is 2.12. The first-order chi connectivity index (χ1) is 9.72. The lowest BCUT2D eigenvalue weighted by Gasteiger charge is -2.39. The van der Waals surface area contributed by atoms with Crippen LogP contribution in [0.2, 0.25) is 0 Å². The second-order valence-corrected chi connectivity index (χ2v) is 6.94. The van der Waals surface area contributed by atoms with Crippen LogP contribution >= 0.6 is 12.4 Å². The van der Waals surface area contributed by atoms with E-state index in [1.165, 1.54) is 19.3 Å². The number of ether oxygens (including phenoxy) is 1. The fourth-order valence-electron chi connectivity index (χ4n) is 4.37. The van der Waals surface area contributed by atoms with Crippen molar-refractivity contribution in [3.63, 3.8) is 0 Å². The maximum atomic E-state index is 12.9. The van der Waals surface area contributed by atoms with E-state index >= 15 is 0 Å². The molecule has 5 heteroatoms. The highest BCUT2D eigenvalue weighted by Gasteiger charge is 2.50. The molecule has 0 aromatic rings.